The van der Waals surface area contributed by atoms with Crippen LogP contribution in [-0.4, -0.2) is 0 Å². The van der Waals surface area contributed by atoms with Crippen molar-refractivity contribution < 1.29 is 0 Å². The Morgan fingerprint density at radius 2 is 1.06 bits per heavy atom. The van der Waals surface area contributed by atoms with Crippen LogP contribution in [0.4, 0.5) is 0 Å². The van der Waals surface area contributed by atoms with E-state index in [4.69, 9.17) is 0 Å². The van der Waals surface area contributed by atoms with Gasteiger partial charge in [-0.3, -0.25) is 0 Å². The minimum absolute atomic E-state index is 0.750. The second kappa shape index (κ2) is 17.0. The van der Waals surface area contributed by atoms with Crippen molar-refractivity contribution >= 4 is 16.5 Å². The lowest BCUT2D eigenvalue weighted by Gasteiger charge is -1.92. The monoisotopic (exact) mass is 282 g/mol. The fourth-order valence-electron chi connectivity index (χ4n) is 1.56. The highest BCUT2D eigenvalue weighted by molar-refractivity contribution is 8.16. The maximum atomic E-state index is 3.26. The van der Waals surface area contributed by atoms with Gasteiger partial charge in [-0.15, -0.1) is 0 Å². The zero-order chi connectivity index (χ0) is 13.3. The third-order valence-electron chi connectivity index (χ3n) is 2.67. The molecule has 0 aromatic heterocycles. The number of hydrogen-bond donors (Lipinski definition) is 0. The van der Waals surface area contributed by atoms with Crippen molar-refractivity contribution in [3.8, 4) is 23.2 Å². The molecule has 0 aliphatic carbocycles. The number of unbranched alkanes of at least 4 members (excludes halogenated alkanes) is 8. The molecule has 0 amide bonds. The predicted molar refractivity (Wildman–Crippen MR) is 89.7 cm³/mol. The summed E-state index contributed by atoms with van der Waals surface area (Å²) in [7, 11) is 1.50. The van der Waals surface area contributed by atoms with E-state index in [-0.39, 0.29) is 0 Å². The number of rotatable bonds is 9. The SMILES string of the molecule is CCCCCCC#CPPC#CCCCCCC. The van der Waals surface area contributed by atoms with Crippen molar-refractivity contribution in [1.82, 2.24) is 0 Å². The second-order valence-electron chi connectivity index (χ2n) is 4.47. The molecule has 0 radical (unpaired) electrons. The molecule has 0 nitrogen and oxygen atoms in total. The molecule has 0 aromatic rings. The zero-order valence-corrected chi connectivity index (χ0v) is 14.1. The summed E-state index contributed by atoms with van der Waals surface area (Å²) in [5.74, 6) is 6.53. The van der Waals surface area contributed by atoms with Crippen LogP contribution in [0.15, 0.2) is 0 Å². The normalized spacial score (nSPS) is 10.6. The third-order valence-corrected chi connectivity index (χ3v) is 4.53. The quantitative estimate of drug-likeness (QED) is 0.271. The molecule has 2 atom stereocenters. The van der Waals surface area contributed by atoms with E-state index in [0.717, 1.165) is 29.4 Å². The Morgan fingerprint density at radius 3 is 1.44 bits per heavy atom. The van der Waals surface area contributed by atoms with E-state index in [1.165, 1.54) is 51.4 Å². The maximum absolute atomic E-state index is 3.26. The molecule has 0 N–H and O–H groups in total. The third kappa shape index (κ3) is 16.0. The van der Waals surface area contributed by atoms with Crippen molar-refractivity contribution in [3.05, 3.63) is 0 Å². The Labute approximate surface area is 118 Å². The average Bonchev–Trinajstić information content (AvgIpc) is 2.39. The molecule has 0 spiro atoms. The van der Waals surface area contributed by atoms with Gasteiger partial charge in [0.2, 0.25) is 0 Å². The summed E-state index contributed by atoms with van der Waals surface area (Å²) in [4.78, 5) is 0. The first kappa shape index (κ1) is 18.0. The van der Waals surface area contributed by atoms with Gasteiger partial charge in [0.15, 0.2) is 0 Å². The largest absolute Gasteiger partial charge is 0.0986 e. The first-order valence-electron chi connectivity index (χ1n) is 7.37. The molecule has 0 saturated heterocycles. The van der Waals surface area contributed by atoms with E-state index in [2.05, 4.69) is 37.0 Å². The molecule has 0 bridgehead atoms. The minimum atomic E-state index is 0.750. The summed E-state index contributed by atoms with van der Waals surface area (Å²) in [5.41, 5.74) is 6.52. The van der Waals surface area contributed by atoms with Crippen molar-refractivity contribution in [2.75, 3.05) is 0 Å². The van der Waals surface area contributed by atoms with Crippen LogP contribution in [0, 0.1) is 23.2 Å². The molecule has 18 heavy (non-hydrogen) atoms. The summed E-state index contributed by atoms with van der Waals surface area (Å²) in [6.45, 7) is 4.49. The molecule has 0 saturated carbocycles. The van der Waals surface area contributed by atoms with E-state index in [1.807, 2.05) is 0 Å². The van der Waals surface area contributed by atoms with Gasteiger partial charge < -0.3 is 0 Å². The van der Waals surface area contributed by atoms with Gasteiger partial charge in [-0.1, -0.05) is 75.5 Å². The fourth-order valence-corrected chi connectivity index (χ4v) is 3.01. The summed E-state index contributed by atoms with van der Waals surface area (Å²) in [5, 5.41) is 0. The Balaban J connectivity index is 3.23. The zero-order valence-electron chi connectivity index (χ0n) is 12.1. The summed E-state index contributed by atoms with van der Waals surface area (Å²) < 4.78 is 0. The van der Waals surface area contributed by atoms with Crippen molar-refractivity contribution in [2.24, 2.45) is 0 Å². The van der Waals surface area contributed by atoms with Crippen LogP contribution in [0.3, 0.4) is 0 Å². The van der Waals surface area contributed by atoms with Crippen molar-refractivity contribution in [3.63, 3.8) is 0 Å². The molecule has 0 fully saturated rings. The van der Waals surface area contributed by atoms with Crippen LogP contribution in [0.1, 0.15) is 78.1 Å². The van der Waals surface area contributed by atoms with Crippen LogP contribution in [0.5, 0.6) is 0 Å². The second-order valence-corrected chi connectivity index (χ2v) is 6.97. The van der Waals surface area contributed by atoms with Crippen LogP contribution < -0.4 is 0 Å². The van der Waals surface area contributed by atoms with E-state index in [0.29, 0.717) is 0 Å². The molecule has 0 heterocycles. The van der Waals surface area contributed by atoms with E-state index < -0.39 is 0 Å². The highest BCUT2D eigenvalue weighted by atomic mass is 32.0. The van der Waals surface area contributed by atoms with Crippen LogP contribution in [0.25, 0.3) is 0 Å². The summed E-state index contributed by atoms with van der Waals surface area (Å²) in [6.07, 6.45) is 12.7. The first-order chi connectivity index (χ1) is 8.91. The molecule has 2 unspecified atom stereocenters. The topological polar surface area (TPSA) is 0 Å². The van der Waals surface area contributed by atoms with E-state index in [1.54, 1.807) is 0 Å². The van der Waals surface area contributed by atoms with Gasteiger partial charge in [0.1, 0.15) is 0 Å². The van der Waals surface area contributed by atoms with E-state index >= 15 is 0 Å². The molecule has 0 aromatic carbocycles. The number of hydrogen-bond acceptors (Lipinski definition) is 0. The van der Waals surface area contributed by atoms with Gasteiger partial charge in [-0.2, -0.15) is 0 Å². The van der Waals surface area contributed by atoms with Gasteiger partial charge in [-0.25, -0.2) is 0 Å². The Morgan fingerprint density at radius 1 is 0.611 bits per heavy atom. The summed E-state index contributed by atoms with van der Waals surface area (Å²) in [6, 6.07) is 0. The highest BCUT2D eigenvalue weighted by Crippen LogP contribution is 2.33. The lowest BCUT2D eigenvalue weighted by molar-refractivity contribution is 0.680. The lowest BCUT2D eigenvalue weighted by atomic mass is 10.2. The van der Waals surface area contributed by atoms with Crippen LogP contribution >= 0.6 is 16.5 Å². The molecule has 0 rings (SSSR count). The molecular weight excluding hydrogens is 254 g/mol. The predicted octanol–water partition coefficient (Wildman–Crippen LogP) is 6.12. The first-order valence-corrected chi connectivity index (χ1v) is 10.4. The Kier molecular flexibility index (Phi) is 17.0. The maximum Gasteiger partial charge on any atom is 0.00921 e. The van der Waals surface area contributed by atoms with Gasteiger partial charge >= 0.3 is 0 Å². The minimum Gasteiger partial charge on any atom is -0.0986 e. The Bertz CT molecular complexity index is 245. The average molecular weight is 282 g/mol. The van der Waals surface area contributed by atoms with Crippen LogP contribution in [0.2, 0.25) is 0 Å². The van der Waals surface area contributed by atoms with Gasteiger partial charge in [-0.05, 0) is 29.4 Å². The molecular formula is C16H28P2. The molecule has 102 valence electrons. The molecule has 0 aliphatic heterocycles. The van der Waals surface area contributed by atoms with Gasteiger partial charge in [0.05, 0.1) is 0 Å². The highest BCUT2D eigenvalue weighted by Gasteiger charge is 1.84. The summed E-state index contributed by atoms with van der Waals surface area (Å²) >= 11 is 0. The fraction of sp³-hybridized carbons (Fsp3) is 0.750. The standard InChI is InChI=1S/C16H28P2/c1-3-5-7-9-11-13-15-17-18-16-14-12-10-8-6-4-2/h17-18H,3-12H2,1-2H3. The molecule has 0 aliphatic rings. The van der Waals surface area contributed by atoms with Crippen molar-refractivity contribution in [1.29, 1.82) is 0 Å². The van der Waals surface area contributed by atoms with Crippen LogP contribution in [-0.2, 0) is 0 Å². The van der Waals surface area contributed by atoms with Gasteiger partial charge in [0, 0.05) is 12.8 Å². The van der Waals surface area contributed by atoms with Crippen molar-refractivity contribution in [2.45, 2.75) is 78.1 Å². The van der Waals surface area contributed by atoms with E-state index in [9.17, 15) is 0 Å². The van der Waals surface area contributed by atoms with Gasteiger partial charge in [0.25, 0.3) is 0 Å². The molecule has 2 heteroatoms. The lowest BCUT2D eigenvalue weighted by Crippen LogP contribution is -1.73. The smallest absolute Gasteiger partial charge is 0.00921 e. The Hall–Kier alpha value is -0.0200.